The molecule has 1 amide bonds. The third kappa shape index (κ3) is 4.84. The number of para-hydroxylation sites is 1. The van der Waals surface area contributed by atoms with Gasteiger partial charge in [0.05, 0.1) is 23.9 Å². The molecule has 1 aromatic heterocycles. The van der Waals surface area contributed by atoms with E-state index in [0.29, 0.717) is 28.3 Å². The molecule has 0 aliphatic heterocycles. The number of hydrogen-bond donors (Lipinski definition) is 0. The standard InChI is InChI=1S/C22H20ClN5OS/c23-17-6-4-9-19(14-17)27(13-5-12-24)20(29)15-30-22-25-21(16-10-11-16)28(26-22)18-7-2-1-3-8-18/h1-4,6-9,14,16H,5,10-11,13,15H2. The molecule has 1 aliphatic rings. The van der Waals surface area contributed by atoms with Crippen molar-refractivity contribution in [3.8, 4) is 11.8 Å². The van der Waals surface area contributed by atoms with Crippen molar-refractivity contribution in [2.45, 2.75) is 30.3 Å². The van der Waals surface area contributed by atoms with Crippen molar-refractivity contribution in [2.75, 3.05) is 17.2 Å². The van der Waals surface area contributed by atoms with Crippen molar-refractivity contribution in [2.24, 2.45) is 0 Å². The Balaban J connectivity index is 1.50. The predicted molar refractivity (Wildman–Crippen MR) is 118 cm³/mol. The van der Waals surface area contributed by atoms with Crippen molar-refractivity contribution in [3.05, 3.63) is 65.4 Å². The van der Waals surface area contributed by atoms with Gasteiger partial charge in [-0.25, -0.2) is 9.67 Å². The van der Waals surface area contributed by atoms with Gasteiger partial charge in [0.2, 0.25) is 11.1 Å². The third-order valence-corrected chi connectivity index (χ3v) is 5.81. The summed E-state index contributed by atoms with van der Waals surface area (Å²) in [5, 5.41) is 14.7. The number of carbonyl (C=O) groups is 1. The molecule has 0 bridgehead atoms. The number of anilines is 1. The van der Waals surface area contributed by atoms with Crippen LogP contribution in [0.15, 0.2) is 59.8 Å². The zero-order valence-electron chi connectivity index (χ0n) is 16.2. The van der Waals surface area contributed by atoms with E-state index in [1.807, 2.05) is 41.1 Å². The van der Waals surface area contributed by atoms with Crippen LogP contribution < -0.4 is 4.90 Å². The van der Waals surface area contributed by atoms with Crippen molar-refractivity contribution >= 4 is 35.0 Å². The molecular formula is C22H20ClN5OS. The Hall–Kier alpha value is -2.82. The van der Waals surface area contributed by atoms with Gasteiger partial charge in [0.1, 0.15) is 5.82 Å². The number of carbonyl (C=O) groups excluding carboxylic acids is 1. The van der Waals surface area contributed by atoms with E-state index in [9.17, 15) is 4.79 Å². The van der Waals surface area contributed by atoms with Gasteiger partial charge in [0.25, 0.3) is 0 Å². The minimum absolute atomic E-state index is 0.110. The van der Waals surface area contributed by atoms with E-state index < -0.39 is 0 Å². The van der Waals surface area contributed by atoms with E-state index in [4.69, 9.17) is 21.8 Å². The molecule has 1 fully saturated rings. The smallest absolute Gasteiger partial charge is 0.237 e. The second-order valence-electron chi connectivity index (χ2n) is 7.00. The van der Waals surface area contributed by atoms with Gasteiger partial charge in [-0.3, -0.25) is 4.79 Å². The van der Waals surface area contributed by atoms with Crippen LogP contribution in [0.3, 0.4) is 0 Å². The van der Waals surface area contributed by atoms with Crippen molar-refractivity contribution in [1.29, 1.82) is 5.26 Å². The van der Waals surface area contributed by atoms with Crippen LogP contribution in [-0.4, -0.2) is 33.0 Å². The molecule has 0 unspecified atom stereocenters. The average molecular weight is 438 g/mol. The summed E-state index contributed by atoms with van der Waals surface area (Å²) in [4.78, 5) is 19.2. The summed E-state index contributed by atoms with van der Waals surface area (Å²) in [6.07, 6.45) is 2.48. The lowest BCUT2D eigenvalue weighted by Crippen LogP contribution is -2.33. The maximum absolute atomic E-state index is 12.9. The molecule has 0 N–H and O–H groups in total. The summed E-state index contributed by atoms with van der Waals surface area (Å²) >= 11 is 7.40. The van der Waals surface area contributed by atoms with E-state index in [2.05, 4.69) is 11.2 Å². The number of amides is 1. The summed E-state index contributed by atoms with van der Waals surface area (Å²) in [7, 11) is 0. The van der Waals surface area contributed by atoms with Crippen LogP contribution in [0.25, 0.3) is 5.69 Å². The number of benzene rings is 2. The third-order valence-electron chi connectivity index (χ3n) is 4.75. The Labute approximate surface area is 184 Å². The van der Waals surface area contributed by atoms with Gasteiger partial charge in [-0.1, -0.05) is 47.6 Å². The molecule has 1 aliphatic carbocycles. The number of nitrogens with zero attached hydrogens (tertiary/aromatic N) is 5. The maximum atomic E-state index is 12.9. The highest BCUT2D eigenvalue weighted by Crippen LogP contribution is 2.40. The highest BCUT2D eigenvalue weighted by atomic mass is 35.5. The van der Waals surface area contributed by atoms with Crippen LogP contribution in [0.1, 0.15) is 31.0 Å². The zero-order valence-corrected chi connectivity index (χ0v) is 17.8. The first kappa shape index (κ1) is 20.5. The van der Waals surface area contributed by atoms with Crippen LogP contribution in [-0.2, 0) is 4.79 Å². The minimum Gasteiger partial charge on any atom is -0.311 e. The number of hydrogen-bond acceptors (Lipinski definition) is 5. The van der Waals surface area contributed by atoms with Gasteiger partial charge in [-0.2, -0.15) is 5.26 Å². The Kier molecular flexibility index (Phi) is 6.36. The zero-order chi connectivity index (χ0) is 20.9. The molecule has 0 radical (unpaired) electrons. The quantitative estimate of drug-likeness (QED) is 0.471. The number of rotatable bonds is 8. The van der Waals surface area contributed by atoms with E-state index in [1.54, 1.807) is 23.1 Å². The van der Waals surface area contributed by atoms with E-state index in [0.717, 1.165) is 24.4 Å². The van der Waals surface area contributed by atoms with E-state index >= 15 is 0 Å². The number of aromatic nitrogens is 3. The summed E-state index contributed by atoms with van der Waals surface area (Å²) in [5.74, 6) is 1.45. The minimum atomic E-state index is -0.110. The molecule has 8 heteroatoms. The Morgan fingerprint density at radius 1 is 1.23 bits per heavy atom. The van der Waals surface area contributed by atoms with Crippen molar-refractivity contribution < 1.29 is 4.79 Å². The second-order valence-corrected chi connectivity index (χ2v) is 8.38. The van der Waals surface area contributed by atoms with E-state index in [-0.39, 0.29) is 18.1 Å². The number of halogens is 1. The summed E-state index contributed by atoms with van der Waals surface area (Å²) in [6.45, 7) is 0.315. The summed E-state index contributed by atoms with van der Waals surface area (Å²) < 4.78 is 1.88. The number of thioether (sulfide) groups is 1. The Bertz CT molecular complexity index is 1070. The lowest BCUT2D eigenvalue weighted by Gasteiger charge is -2.21. The first-order chi connectivity index (χ1) is 14.7. The molecule has 152 valence electrons. The summed E-state index contributed by atoms with van der Waals surface area (Å²) in [5.41, 5.74) is 1.66. The fourth-order valence-electron chi connectivity index (χ4n) is 3.14. The van der Waals surface area contributed by atoms with Gasteiger partial charge in [0, 0.05) is 23.2 Å². The fraction of sp³-hybridized carbons (Fsp3) is 0.273. The van der Waals surface area contributed by atoms with E-state index in [1.165, 1.54) is 11.8 Å². The van der Waals surface area contributed by atoms with Crippen LogP contribution in [0.5, 0.6) is 0 Å². The molecule has 3 aromatic rings. The SMILES string of the molecule is N#CCCN(C(=O)CSc1nc(C2CC2)n(-c2ccccc2)n1)c1cccc(Cl)c1. The van der Waals surface area contributed by atoms with Crippen molar-refractivity contribution in [1.82, 2.24) is 14.8 Å². The lowest BCUT2D eigenvalue weighted by molar-refractivity contribution is -0.116. The molecule has 0 spiro atoms. The Morgan fingerprint density at radius 2 is 2.03 bits per heavy atom. The van der Waals surface area contributed by atoms with Gasteiger partial charge in [-0.05, 0) is 43.2 Å². The first-order valence-corrected chi connectivity index (χ1v) is 11.1. The van der Waals surface area contributed by atoms with Crippen LogP contribution in [0.4, 0.5) is 5.69 Å². The molecule has 4 rings (SSSR count). The largest absolute Gasteiger partial charge is 0.311 e. The fourth-order valence-corrected chi connectivity index (χ4v) is 4.03. The molecule has 0 atom stereocenters. The van der Waals surface area contributed by atoms with Gasteiger partial charge in [0.15, 0.2) is 0 Å². The maximum Gasteiger partial charge on any atom is 0.237 e. The second kappa shape index (κ2) is 9.33. The average Bonchev–Trinajstić information content (AvgIpc) is 3.52. The molecule has 2 aromatic carbocycles. The van der Waals surface area contributed by atoms with Crippen molar-refractivity contribution in [3.63, 3.8) is 0 Å². The first-order valence-electron chi connectivity index (χ1n) is 9.74. The summed E-state index contributed by atoms with van der Waals surface area (Å²) in [6, 6.07) is 19.1. The highest BCUT2D eigenvalue weighted by Gasteiger charge is 2.30. The molecular weight excluding hydrogens is 418 g/mol. The monoisotopic (exact) mass is 437 g/mol. The molecule has 0 saturated heterocycles. The van der Waals surface area contributed by atoms with Crippen LogP contribution in [0.2, 0.25) is 5.02 Å². The van der Waals surface area contributed by atoms with Gasteiger partial charge in [-0.15, -0.1) is 5.10 Å². The lowest BCUT2D eigenvalue weighted by atomic mass is 10.2. The number of nitriles is 1. The van der Waals surface area contributed by atoms with Gasteiger partial charge >= 0.3 is 0 Å². The Morgan fingerprint density at radius 3 is 2.73 bits per heavy atom. The highest BCUT2D eigenvalue weighted by molar-refractivity contribution is 7.99. The molecule has 30 heavy (non-hydrogen) atoms. The molecule has 1 saturated carbocycles. The normalized spacial score (nSPS) is 13.1. The topological polar surface area (TPSA) is 74.8 Å². The molecule has 6 nitrogen and oxygen atoms in total. The molecule has 1 heterocycles. The van der Waals surface area contributed by atoms with Crippen LogP contribution >= 0.6 is 23.4 Å². The predicted octanol–water partition coefficient (Wildman–Crippen LogP) is 4.84. The van der Waals surface area contributed by atoms with Crippen LogP contribution in [0, 0.1) is 11.3 Å². The van der Waals surface area contributed by atoms with Gasteiger partial charge < -0.3 is 4.90 Å².